The van der Waals surface area contributed by atoms with Crippen LogP contribution in [-0.2, 0) is 21.6 Å². The standard InChI is InChI=1S/C26H32N4O9/c1-15(2)9-21(27-25(32)39-26(3,4)17-11-19(37-5)14-20(12-17)38-6)24(31)28-8-7-16-10-18(29(33)34)13-22(23(16)28)30(35)36/h10-15,21H,7-9H2,1-6H3,(H,27,32)/t21-/m0/s1. The van der Waals surface area contributed by atoms with E-state index >= 15 is 0 Å². The number of carbonyl (C=O) groups excluding carboxylic acids is 2. The summed E-state index contributed by atoms with van der Waals surface area (Å²) >= 11 is 0. The van der Waals surface area contributed by atoms with Crippen LogP contribution < -0.4 is 19.7 Å². The molecule has 2 aromatic rings. The van der Waals surface area contributed by atoms with E-state index in [0.717, 1.165) is 6.07 Å². The van der Waals surface area contributed by atoms with Crippen molar-refractivity contribution in [2.75, 3.05) is 25.7 Å². The van der Waals surface area contributed by atoms with E-state index in [4.69, 9.17) is 14.2 Å². The van der Waals surface area contributed by atoms with Crippen LogP contribution in [0.25, 0.3) is 0 Å². The van der Waals surface area contributed by atoms with Gasteiger partial charge in [0.1, 0.15) is 28.8 Å². The molecule has 0 bridgehead atoms. The Labute approximate surface area is 225 Å². The highest BCUT2D eigenvalue weighted by molar-refractivity contribution is 6.02. The molecule has 210 valence electrons. The van der Waals surface area contributed by atoms with Gasteiger partial charge in [0.25, 0.3) is 11.4 Å². The Morgan fingerprint density at radius 3 is 2.15 bits per heavy atom. The van der Waals surface area contributed by atoms with Crippen molar-refractivity contribution in [1.29, 1.82) is 0 Å². The minimum atomic E-state index is -1.14. The highest BCUT2D eigenvalue weighted by Crippen LogP contribution is 2.41. The summed E-state index contributed by atoms with van der Waals surface area (Å²) in [5.74, 6) is 0.411. The predicted octanol–water partition coefficient (Wildman–Crippen LogP) is 4.49. The summed E-state index contributed by atoms with van der Waals surface area (Å²) in [7, 11) is 3.00. The molecule has 0 saturated heterocycles. The van der Waals surface area contributed by atoms with Gasteiger partial charge >= 0.3 is 6.09 Å². The van der Waals surface area contributed by atoms with E-state index in [1.165, 1.54) is 25.2 Å². The Morgan fingerprint density at radius 2 is 1.64 bits per heavy atom. The van der Waals surface area contributed by atoms with E-state index in [1.807, 2.05) is 13.8 Å². The van der Waals surface area contributed by atoms with Crippen molar-refractivity contribution in [1.82, 2.24) is 5.32 Å². The molecule has 0 spiro atoms. The second kappa shape index (κ2) is 11.5. The fraction of sp³-hybridized carbons (Fsp3) is 0.462. The molecule has 0 radical (unpaired) electrons. The van der Waals surface area contributed by atoms with Gasteiger partial charge < -0.3 is 24.4 Å². The molecular formula is C26H32N4O9. The lowest BCUT2D eigenvalue weighted by Crippen LogP contribution is -2.50. The van der Waals surface area contributed by atoms with Gasteiger partial charge in [-0.1, -0.05) is 13.8 Å². The molecule has 0 unspecified atom stereocenters. The summed E-state index contributed by atoms with van der Waals surface area (Å²) in [5.41, 5.74) is -1.19. The van der Waals surface area contributed by atoms with Gasteiger partial charge in [0.15, 0.2) is 0 Å². The fourth-order valence-corrected chi connectivity index (χ4v) is 4.47. The minimum absolute atomic E-state index is 0.00308. The van der Waals surface area contributed by atoms with E-state index in [9.17, 15) is 29.8 Å². The lowest BCUT2D eigenvalue weighted by Gasteiger charge is -2.29. The maximum Gasteiger partial charge on any atom is 0.408 e. The Kier molecular flexibility index (Phi) is 8.62. The Hall–Kier alpha value is -4.42. The van der Waals surface area contributed by atoms with Crippen molar-refractivity contribution < 1.29 is 33.6 Å². The number of hydrogen-bond acceptors (Lipinski definition) is 9. The lowest BCUT2D eigenvalue weighted by atomic mass is 9.97. The third-order valence-electron chi connectivity index (χ3n) is 6.39. The molecule has 1 N–H and O–H groups in total. The summed E-state index contributed by atoms with van der Waals surface area (Å²) in [6, 6.07) is 6.10. The number of alkyl carbamates (subject to hydrolysis) is 1. The average Bonchev–Trinajstić information content (AvgIpc) is 3.30. The molecule has 0 saturated carbocycles. The number of rotatable bonds is 10. The second-order valence-corrected chi connectivity index (χ2v) is 10.1. The first-order chi connectivity index (χ1) is 18.3. The summed E-state index contributed by atoms with van der Waals surface area (Å²) in [6.07, 6.45) is -0.431. The summed E-state index contributed by atoms with van der Waals surface area (Å²) < 4.78 is 16.3. The van der Waals surface area contributed by atoms with Crippen LogP contribution in [0, 0.1) is 26.1 Å². The average molecular weight is 545 g/mol. The normalized spacial score (nSPS) is 13.5. The van der Waals surface area contributed by atoms with Crippen molar-refractivity contribution in [3.05, 3.63) is 61.7 Å². The number of carbonyl (C=O) groups is 2. The highest BCUT2D eigenvalue weighted by atomic mass is 16.6. The van der Waals surface area contributed by atoms with Crippen molar-refractivity contribution in [3.8, 4) is 11.5 Å². The fourth-order valence-electron chi connectivity index (χ4n) is 4.47. The molecule has 0 aromatic heterocycles. The van der Waals surface area contributed by atoms with E-state index in [2.05, 4.69) is 5.32 Å². The number of anilines is 1. The van der Waals surface area contributed by atoms with Crippen LogP contribution in [-0.4, -0.2) is 48.7 Å². The Balaban J connectivity index is 1.87. The van der Waals surface area contributed by atoms with E-state index in [-0.39, 0.29) is 31.0 Å². The predicted molar refractivity (Wildman–Crippen MR) is 141 cm³/mol. The first-order valence-electron chi connectivity index (χ1n) is 12.3. The van der Waals surface area contributed by atoms with E-state index in [1.54, 1.807) is 32.0 Å². The van der Waals surface area contributed by atoms with Crippen LogP contribution in [0.2, 0.25) is 0 Å². The number of amides is 2. The first-order valence-corrected chi connectivity index (χ1v) is 12.3. The number of nitro benzene ring substituents is 2. The van der Waals surface area contributed by atoms with Crippen LogP contribution in [0.1, 0.15) is 45.2 Å². The Morgan fingerprint density at radius 1 is 1.03 bits per heavy atom. The van der Waals surface area contributed by atoms with E-state index < -0.39 is 44.9 Å². The number of fused-ring (bicyclic) bond motifs is 1. The minimum Gasteiger partial charge on any atom is -0.497 e. The zero-order chi connectivity index (χ0) is 29.1. The van der Waals surface area contributed by atoms with Gasteiger partial charge in [-0.05, 0) is 50.3 Å². The molecule has 39 heavy (non-hydrogen) atoms. The first kappa shape index (κ1) is 29.1. The van der Waals surface area contributed by atoms with Crippen molar-refractivity contribution in [2.24, 2.45) is 5.92 Å². The van der Waals surface area contributed by atoms with Crippen molar-refractivity contribution in [3.63, 3.8) is 0 Å². The molecule has 3 rings (SSSR count). The Bertz CT molecular complexity index is 1270. The van der Waals surface area contributed by atoms with Crippen molar-refractivity contribution >= 4 is 29.1 Å². The quantitative estimate of drug-likeness (QED) is 0.335. The lowest BCUT2D eigenvalue weighted by molar-refractivity contribution is -0.393. The van der Waals surface area contributed by atoms with Gasteiger partial charge in [0.05, 0.1) is 30.1 Å². The number of ether oxygens (including phenoxy) is 3. The molecule has 1 atom stereocenters. The SMILES string of the molecule is COc1cc(OC)cc(C(C)(C)OC(=O)N[C@@H](CC(C)C)C(=O)N2CCc3cc([N+](=O)[O-])cc([N+](=O)[O-])c32)c1. The number of nitro groups is 2. The maximum absolute atomic E-state index is 13.6. The van der Waals surface area contributed by atoms with Crippen LogP contribution >= 0.6 is 0 Å². The van der Waals surface area contributed by atoms with Crippen LogP contribution in [0.15, 0.2) is 30.3 Å². The van der Waals surface area contributed by atoms with E-state index in [0.29, 0.717) is 22.6 Å². The largest absolute Gasteiger partial charge is 0.497 e. The van der Waals surface area contributed by atoms with Gasteiger partial charge in [0, 0.05) is 24.2 Å². The van der Waals surface area contributed by atoms with Gasteiger partial charge in [-0.15, -0.1) is 0 Å². The second-order valence-electron chi connectivity index (χ2n) is 10.1. The number of methoxy groups -OCH3 is 2. The smallest absolute Gasteiger partial charge is 0.408 e. The molecule has 2 aromatic carbocycles. The molecule has 1 aliphatic heterocycles. The number of nitrogens with one attached hydrogen (secondary N) is 1. The van der Waals surface area contributed by atoms with Crippen molar-refractivity contribution in [2.45, 2.75) is 52.2 Å². The highest BCUT2D eigenvalue weighted by Gasteiger charge is 2.39. The van der Waals surface area contributed by atoms with Gasteiger partial charge in [-0.3, -0.25) is 25.0 Å². The zero-order valence-electron chi connectivity index (χ0n) is 22.7. The number of hydrogen-bond donors (Lipinski definition) is 1. The third kappa shape index (κ3) is 6.54. The molecule has 13 heteroatoms. The number of non-ortho nitro benzene ring substituents is 1. The van der Waals surface area contributed by atoms with Crippen LogP contribution in [0.5, 0.6) is 11.5 Å². The molecule has 1 aliphatic rings. The van der Waals surface area contributed by atoms with Gasteiger partial charge in [-0.2, -0.15) is 0 Å². The van der Waals surface area contributed by atoms with Gasteiger partial charge in [-0.25, -0.2) is 4.79 Å². The summed E-state index contributed by atoms with van der Waals surface area (Å²) in [5, 5.41) is 25.6. The molecular weight excluding hydrogens is 512 g/mol. The third-order valence-corrected chi connectivity index (χ3v) is 6.39. The monoisotopic (exact) mass is 544 g/mol. The van der Waals surface area contributed by atoms with Crippen LogP contribution in [0.4, 0.5) is 21.9 Å². The molecule has 0 aliphatic carbocycles. The molecule has 13 nitrogen and oxygen atoms in total. The number of benzene rings is 2. The van der Waals surface area contributed by atoms with Crippen LogP contribution in [0.3, 0.4) is 0 Å². The molecule has 2 amide bonds. The maximum atomic E-state index is 13.6. The van der Waals surface area contributed by atoms with Gasteiger partial charge in [0.2, 0.25) is 5.91 Å². The topological polar surface area (TPSA) is 163 Å². The number of nitrogens with zero attached hydrogens (tertiary/aromatic N) is 3. The molecule has 0 fully saturated rings. The zero-order valence-corrected chi connectivity index (χ0v) is 22.7. The summed E-state index contributed by atoms with van der Waals surface area (Å²) in [6.45, 7) is 7.16. The molecule has 1 heterocycles. The summed E-state index contributed by atoms with van der Waals surface area (Å²) in [4.78, 5) is 49.4.